The smallest absolute Gasteiger partial charge is 0.137 e. The van der Waals surface area contributed by atoms with Gasteiger partial charge in [0.25, 0.3) is 0 Å². The summed E-state index contributed by atoms with van der Waals surface area (Å²) < 4.78 is 34.3. The molecule has 0 saturated heterocycles. The minimum Gasteiger partial charge on any atom is -0.493 e. The fraction of sp³-hybridized carbons (Fsp3) is 0.273. The molecule has 0 bridgehead atoms. The van der Waals surface area contributed by atoms with Crippen molar-refractivity contribution in [1.82, 2.24) is 0 Å². The van der Waals surface area contributed by atoms with Gasteiger partial charge < -0.3 is 10.5 Å². The Labute approximate surface area is 152 Å². The first-order valence-electron chi connectivity index (χ1n) is 9.03. The number of anilines is 1. The van der Waals surface area contributed by atoms with Crippen molar-refractivity contribution in [3.8, 4) is 5.75 Å². The van der Waals surface area contributed by atoms with Gasteiger partial charge in [0.2, 0.25) is 0 Å². The summed E-state index contributed by atoms with van der Waals surface area (Å²) in [4.78, 5) is 0. The van der Waals surface area contributed by atoms with Gasteiger partial charge in [-0.1, -0.05) is 17.7 Å². The van der Waals surface area contributed by atoms with Crippen molar-refractivity contribution in [2.45, 2.75) is 32.1 Å². The largest absolute Gasteiger partial charge is 0.493 e. The van der Waals surface area contributed by atoms with Crippen LogP contribution >= 0.6 is 0 Å². The summed E-state index contributed by atoms with van der Waals surface area (Å²) in [7, 11) is 0. The predicted molar refractivity (Wildman–Crippen MR) is 100 cm³/mol. The normalized spacial score (nSPS) is 16.5. The quantitative estimate of drug-likeness (QED) is 0.749. The van der Waals surface area contributed by atoms with Crippen LogP contribution in [0.5, 0.6) is 5.75 Å². The highest BCUT2D eigenvalue weighted by Crippen LogP contribution is 2.36. The summed E-state index contributed by atoms with van der Waals surface area (Å²) in [5.74, 6) is -0.0623. The predicted octanol–water partition coefficient (Wildman–Crippen LogP) is 5.41. The number of ether oxygens (including phenoxy) is 1. The van der Waals surface area contributed by atoms with Crippen molar-refractivity contribution in [3.63, 3.8) is 0 Å². The van der Waals surface area contributed by atoms with E-state index in [1.807, 2.05) is 18.2 Å². The molecule has 0 radical (unpaired) electrons. The molecule has 2 nitrogen and oxygen atoms in total. The molecule has 0 spiro atoms. The van der Waals surface area contributed by atoms with Gasteiger partial charge in [-0.2, -0.15) is 0 Å². The molecule has 4 heteroatoms. The van der Waals surface area contributed by atoms with Crippen LogP contribution in [0.25, 0.3) is 5.57 Å². The topological polar surface area (TPSA) is 35.2 Å². The SMILES string of the molecule is Nc1cc(F)ccc1/C(=C/C=C1CCC1)c1ccc2c(c1F)CCCO2. The molecular formula is C22H21F2NO. The van der Waals surface area contributed by atoms with E-state index in [0.717, 1.165) is 19.3 Å². The second-order valence-corrected chi connectivity index (χ2v) is 6.85. The first kappa shape index (κ1) is 16.8. The minimum atomic E-state index is -0.401. The maximum Gasteiger partial charge on any atom is 0.137 e. The molecule has 1 saturated carbocycles. The van der Waals surface area contributed by atoms with Gasteiger partial charge in [0.1, 0.15) is 17.4 Å². The number of hydrogen-bond donors (Lipinski definition) is 1. The van der Waals surface area contributed by atoms with Crippen molar-refractivity contribution in [3.05, 3.63) is 76.4 Å². The Kier molecular flexibility index (Phi) is 4.49. The van der Waals surface area contributed by atoms with Crippen molar-refractivity contribution < 1.29 is 13.5 Å². The van der Waals surface area contributed by atoms with E-state index in [0.29, 0.717) is 46.7 Å². The number of hydrogen-bond acceptors (Lipinski definition) is 2. The molecule has 2 aliphatic rings. The number of rotatable bonds is 3. The lowest BCUT2D eigenvalue weighted by molar-refractivity contribution is 0.284. The summed E-state index contributed by atoms with van der Waals surface area (Å²) >= 11 is 0. The fourth-order valence-electron chi connectivity index (χ4n) is 3.46. The molecule has 1 fully saturated rings. The van der Waals surface area contributed by atoms with Crippen LogP contribution in [0.15, 0.2) is 48.1 Å². The number of nitrogen functional groups attached to an aromatic ring is 1. The highest BCUT2D eigenvalue weighted by Gasteiger charge is 2.21. The van der Waals surface area contributed by atoms with Gasteiger partial charge in [-0.05, 0) is 68.0 Å². The lowest BCUT2D eigenvalue weighted by Gasteiger charge is -2.21. The number of nitrogens with two attached hydrogens (primary N) is 1. The fourth-order valence-corrected chi connectivity index (χ4v) is 3.46. The highest BCUT2D eigenvalue weighted by atomic mass is 19.1. The second-order valence-electron chi connectivity index (χ2n) is 6.85. The number of halogens is 2. The summed E-state index contributed by atoms with van der Waals surface area (Å²) in [6.07, 6.45) is 8.74. The zero-order valence-corrected chi connectivity index (χ0v) is 14.5. The van der Waals surface area contributed by atoms with Crippen LogP contribution in [0.4, 0.5) is 14.5 Å². The van der Waals surface area contributed by atoms with E-state index < -0.39 is 5.82 Å². The molecule has 0 amide bonds. The number of benzene rings is 2. The number of allylic oxidation sites excluding steroid dienone is 3. The Morgan fingerprint density at radius 1 is 1.00 bits per heavy atom. The van der Waals surface area contributed by atoms with E-state index in [9.17, 15) is 4.39 Å². The molecule has 1 aliphatic heterocycles. The summed E-state index contributed by atoms with van der Waals surface area (Å²) in [6.45, 7) is 0.617. The van der Waals surface area contributed by atoms with Crippen molar-refractivity contribution in [2.75, 3.05) is 12.3 Å². The Hall–Kier alpha value is -2.62. The summed E-state index contributed by atoms with van der Waals surface area (Å²) in [6, 6.07) is 7.80. The zero-order chi connectivity index (χ0) is 18.1. The molecule has 4 rings (SSSR count). The van der Waals surface area contributed by atoms with E-state index >= 15 is 4.39 Å². The van der Waals surface area contributed by atoms with Crippen LogP contribution in [-0.2, 0) is 6.42 Å². The van der Waals surface area contributed by atoms with Gasteiger partial charge in [-0.25, -0.2) is 8.78 Å². The van der Waals surface area contributed by atoms with Crippen LogP contribution in [0.2, 0.25) is 0 Å². The third-order valence-corrected chi connectivity index (χ3v) is 5.10. The van der Waals surface area contributed by atoms with Crippen molar-refractivity contribution in [1.29, 1.82) is 0 Å². The Bertz CT molecular complexity index is 909. The lowest BCUT2D eigenvalue weighted by Crippen LogP contribution is -2.11. The minimum absolute atomic E-state index is 0.274. The standard InChI is InChI=1S/C22H21F2NO/c23-15-7-9-17(20(25)13-15)16(8-6-14-3-1-4-14)18-10-11-21-19(22(18)24)5-2-12-26-21/h6-11,13H,1-5,12,25H2/b16-8-. The summed E-state index contributed by atoms with van der Waals surface area (Å²) in [5.41, 5.74) is 10.1. The van der Waals surface area contributed by atoms with Gasteiger partial charge in [0.15, 0.2) is 0 Å². The monoisotopic (exact) mass is 353 g/mol. The third kappa shape index (κ3) is 3.12. The molecular weight excluding hydrogens is 332 g/mol. The maximum absolute atomic E-state index is 15.3. The Morgan fingerprint density at radius 2 is 1.81 bits per heavy atom. The van der Waals surface area contributed by atoms with Crippen LogP contribution in [0.3, 0.4) is 0 Å². The average molecular weight is 353 g/mol. The van der Waals surface area contributed by atoms with Crippen LogP contribution in [0.1, 0.15) is 42.4 Å². The Morgan fingerprint density at radius 3 is 2.54 bits per heavy atom. The van der Waals surface area contributed by atoms with Gasteiger partial charge in [-0.3, -0.25) is 0 Å². The van der Waals surface area contributed by atoms with Crippen molar-refractivity contribution in [2.24, 2.45) is 0 Å². The summed E-state index contributed by atoms with van der Waals surface area (Å²) in [5, 5.41) is 0. The van der Waals surface area contributed by atoms with E-state index in [1.54, 1.807) is 12.1 Å². The zero-order valence-electron chi connectivity index (χ0n) is 14.5. The third-order valence-electron chi connectivity index (χ3n) is 5.10. The molecule has 26 heavy (non-hydrogen) atoms. The molecule has 1 aliphatic carbocycles. The van der Waals surface area contributed by atoms with E-state index in [4.69, 9.17) is 10.5 Å². The van der Waals surface area contributed by atoms with Gasteiger partial charge in [-0.15, -0.1) is 0 Å². The van der Waals surface area contributed by atoms with Gasteiger partial charge in [0.05, 0.1) is 6.61 Å². The molecule has 0 atom stereocenters. The van der Waals surface area contributed by atoms with Crippen LogP contribution in [0, 0.1) is 11.6 Å². The molecule has 0 aromatic heterocycles. The lowest BCUT2D eigenvalue weighted by atomic mass is 9.89. The van der Waals surface area contributed by atoms with Crippen molar-refractivity contribution >= 4 is 11.3 Å². The highest BCUT2D eigenvalue weighted by molar-refractivity contribution is 5.87. The molecule has 2 N–H and O–H groups in total. The average Bonchev–Trinajstić information content (AvgIpc) is 2.59. The second kappa shape index (κ2) is 6.94. The first-order valence-corrected chi connectivity index (χ1v) is 9.03. The van der Waals surface area contributed by atoms with E-state index in [-0.39, 0.29) is 5.82 Å². The van der Waals surface area contributed by atoms with Gasteiger partial charge >= 0.3 is 0 Å². The van der Waals surface area contributed by atoms with Crippen LogP contribution < -0.4 is 10.5 Å². The first-order chi connectivity index (χ1) is 12.6. The molecule has 0 unspecified atom stereocenters. The molecule has 134 valence electrons. The number of fused-ring (bicyclic) bond motifs is 1. The molecule has 2 aromatic carbocycles. The Balaban J connectivity index is 1.86. The maximum atomic E-state index is 15.3. The molecule has 1 heterocycles. The van der Waals surface area contributed by atoms with Gasteiger partial charge in [0, 0.05) is 22.4 Å². The molecule has 2 aromatic rings. The van der Waals surface area contributed by atoms with E-state index in [1.165, 1.54) is 24.1 Å². The van der Waals surface area contributed by atoms with Crippen LogP contribution in [-0.4, -0.2) is 6.61 Å². The van der Waals surface area contributed by atoms with E-state index in [2.05, 4.69) is 0 Å².